The minimum atomic E-state index is -0.0236. The van der Waals surface area contributed by atoms with Crippen LogP contribution >= 0.6 is 11.6 Å². The van der Waals surface area contributed by atoms with Crippen molar-refractivity contribution in [1.82, 2.24) is 0 Å². The summed E-state index contributed by atoms with van der Waals surface area (Å²) in [6, 6.07) is 3.56. The van der Waals surface area contributed by atoms with Crippen molar-refractivity contribution in [2.75, 3.05) is 13.7 Å². The molecule has 0 saturated carbocycles. The Hall–Kier alpha value is -0.930. The van der Waals surface area contributed by atoms with Crippen LogP contribution in [-0.2, 0) is 0 Å². The van der Waals surface area contributed by atoms with E-state index >= 15 is 0 Å². The van der Waals surface area contributed by atoms with E-state index in [4.69, 9.17) is 26.2 Å². The van der Waals surface area contributed by atoms with Gasteiger partial charge in [-0.25, -0.2) is 0 Å². The van der Waals surface area contributed by atoms with Crippen LogP contribution in [-0.4, -0.2) is 24.9 Å². The molecule has 1 unspecified atom stereocenters. The van der Waals surface area contributed by atoms with Crippen molar-refractivity contribution in [3.63, 3.8) is 0 Å². The zero-order valence-electron chi connectivity index (χ0n) is 10.7. The maximum Gasteiger partial charge on any atom is 0.163 e. The molecule has 0 fully saturated rings. The standard InChI is InChI=1S/C13H19ClO3/c1-8(2)17-13-6-11(14)10(9(3)7-15)5-12(13)16-4/h5-6,8-9,15H,7H2,1-4H3. The normalized spacial score (nSPS) is 12.6. The van der Waals surface area contributed by atoms with Gasteiger partial charge in [0.1, 0.15) is 0 Å². The lowest BCUT2D eigenvalue weighted by molar-refractivity contribution is 0.229. The molecule has 0 amide bonds. The molecule has 1 aromatic rings. The number of aliphatic hydroxyl groups is 1. The molecule has 0 bridgehead atoms. The van der Waals surface area contributed by atoms with Crippen LogP contribution in [0.5, 0.6) is 11.5 Å². The summed E-state index contributed by atoms with van der Waals surface area (Å²) in [5.74, 6) is 1.24. The number of methoxy groups -OCH3 is 1. The van der Waals surface area contributed by atoms with Crippen molar-refractivity contribution >= 4 is 11.6 Å². The van der Waals surface area contributed by atoms with Crippen LogP contribution in [0.25, 0.3) is 0 Å². The van der Waals surface area contributed by atoms with E-state index in [-0.39, 0.29) is 18.6 Å². The van der Waals surface area contributed by atoms with Gasteiger partial charge < -0.3 is 14.6 Å². The summed E-state index contributed by atoms with van der Waals surface area (Å²) >= 11 is 6.17. The minimum absolute atomic E-state index is 0.0236. The van der Waals surface area contributed by atoms with E-state index in [2.05, 4.69) is 0 Å². The number of hydrogen-bond acceptors (Lipinski definition) is 3. The molecule has 17 heavy (non-hydrogen) atoms. The van der Waals surface area contributed by atoms with Crippen LogP contribution in [0.4, 0.5) is 0 Å². The van der Waals surface area contributed by atoms with Crippen molar-refractivity contribution in [1.29, 1.82) is 0 Å². The van der Waals surface area contributed by atoms with Crippen LogP contribution in [0.1, 0.15) is 32.3 Å². The van der Waals surface area contributed by atoms with Crippen LogP contribution in [0.15, 0.2) is 12.1 Å². The molecule has 0 aromatic heterocycles. The fourth-order valence-electron chi connectivity index (χ4n) is 1.53. The fraction of sp³-hybridized carbons (Fsp3) is 0.538. The molecule has 0 heterocycles. The van der Waals surface area contributed by atoms with Gasteiger partial charge >= 0.3 is 0 Å². The monoisotopic (exact) mass is 258 g/mol. The molecular weight excluding hydrogens is 240 g/mol. The van der Waals surface area contributed by atoms with Crippen molar-refractivity contribution in [3.05, 3.63) is 22.7 Å². The maximum absolute atomic E-state index is 9.16. The highest BCUT2D eigenvalue weighted by atomic mass is 35.5. The van der Waals surface area contributed by atoms with E-state index in [1.807, 2.05) is 26.8 Å². The molecule has 0 spiro atoms. The van der Waals surface area contributed by atoms with Gasteiger partial charge in [-0.3, -0.25) is 0 Å². The number of hydrogen-bond donors (Lipinski definition) is 1. The van der Waals surface area contributed by atoms with Crippen molar-refractivity contribution in [3.8, 4) is 11.5 Å². The molecule has 1 atom stereocenters. The molecule has 96 valence electrons. The van der Waals surface area contributed by atoms with Gasteiger partial charge in [-0.1, -0.05) is 18.5 Å². The Labute approximate surface area is 107 Å². The summed E-state index contributed by atoms with van der Waals surface area (Å²) in [7, 11) is 1.59. The van der Waals surface area contributed by atoms with Gasteiger partial charge in [-0.2, -0.15) is 0 Å². The van der Waals surface area contributed by atoms with Crippen LogP contribution in [0.2, 0.25) is 5.02 Å². The van der Waals surface area contributed by atoms with Gasteiger partial charge in [0.2, 0.25) is 0 Å². The summed E-state index contributed by atoms with van der Waals surface area (Å²) in [5.41, 5.74) is 0.863. The SMILES string of the molecule is COc1cc(C(C)CO)c(Cl)cc1OC(C)C. The van der Waals surface area contributed by atoms with Crippen LogP contribution < -0.4 is 9.47 Å². The molecule has 0 radical (unpaired) electrons. The Kier molecular flexibility index (Phi) is 5.09. The number of aliphatic hydroxyl groups excluding tert-OH is 1. The van der Waals surface area contributed by atoms with E-state index < -0.39 is 0 Å². The Morgan fingerprint density at radius 2 is 1.88 bits per heavy atom. The summed E-state index contributed by atoms with van der Waals surface area (Å²) in [6.07, 6.45) is 0.0566. The average Bonchev–Trinajstić information content (AvgIpc) is 2.27. The number of ether oxygens (including phenoxy) is 2. The van der Waals surface area contributed by atoms with Crippen LogP contribution in [0, 0.1) is 0 Å². The molecule has 0 aliphatic carbocycles. The smallest absolute Gasteiger partial charge is 0.163 e. The average molecular weight is 259 g/mol. The second-order valence-electron chi connectivity index (χ2n) is 4.27. The van der Waals surface area contributed by atoms with E-state index in [1.165, 1.54) is 0 Å². The third kappa shape index (κ3) is 3.51. The highest BCUT2D eigenvalue weighted by Crippen LogP contribution is 2.36. The fourth-order valence-corrected chi connectivity index (χ4v) is 1.87. The number of benzene rings is 1. The van der Waals surface area contributed by atoms with E-state index in [1.54, 1.807) is 13.2 Å². The second-order valence-corrected chi connectivity index (χ2v) is 4.68. The Morgan fingerprint density at radius 3 is 2.35 bits per heavy atom. The molecule has 1 rings (SSSR count). The lowest BCUT2D eigenvalue weighted by Crippen LogP contribution is -2.08. The largest absolute Gasteiger partial charge is 0.493 e. The maximum atomic E-state index is 9.16. The molecule has 3 nitrogen and oxygen atoms in total. The van der Waals surface area contributed by atoms with E-state index in [9.17, 15) is 0 Å². The zero-order chi connectivity index (χ0) is 13.0. The third-order valence-electron chi connectivity index (χ3n) is 2.45. The van der Waals surface area contributed by atoms with Crippen molar-refractivity contribution in [2.24, 2.45) is 0 Å². The zero-order valence-corrected chi connectivity index (χ0v) is 11.4. The van der Waals surface area contributed by atoms with Gasteiger partial charge in [0.25, 0.3) is 0 Å². The Balaban J connectivity index is 3.14. The molecule has 1 aromatic carbocycles. The van der Waals surface area contributed by atoms with Gasteiger partial charge in [-0.15, -0.1) is 0 Å². The summed E-state index contributed by atoms with van der Waals surface area (Å²) < 4.78 is 10.9. The van der Waals surface area contributed by atoms with Gasteiger partial charge in [0.05, 0.1) is 13.2 Å². The van der Waals surface area contributed by atoms with Crippen molar-refractivity contribution < 1.29 is 14.6 Å². The molecule has 0 aliphatic rings. The summed E-state index contributed by atoms with van der Waals surface area (Å²) in [5, 5.41) is 9.75. The molecular formula is C13H19ClO3. The molecule has 0 saturated heterocycles. The van der Waals surface area contributed by atoms with Gasteiger partial charge in [-0.05, 0) is 25.5 Å². The minimum Gasteiger partial charge on any atom is -0.493 e. The van der Waals surface area contributed by atoms with Crippen LogP contribution in [0.3, 0.4) is 0 Å². The number of halogens is 1. The molecule has 0 aliphatic heterocycles. The Morgan fingerprint density at radius 1 is 1.24 bits per heavy atom. The van der Waals surface area contributed by atoms with Gasteiger partial charge in [0, 0.05) is 23.6 Å². The Bertz CT molecular complexity index is 377. The lowest BCUT2D eigenvalue weighted by atomic mass is 10.0. The van der Waals surface area contributed by atoms with Gasteiger partial charge in [0.15, 0.2) is 11.5 Å². The first-order valence-electron chi connectivity index (χ1n) is 5.64. The number of rotatable bonds is 5. The lowest BCUT2D eigenvalue weighted by Gasteiger charge is -2.17. The summed E-state index contributed by atoms with van der Waals surface area (Å²) in [4.78, 5) is 0. The topological polar surface area (TPSA) is 38.7 Å². The predicted octanol–water partition coefficient (Wildman–Crippen LogP) is 3.23. The molecule has 1 N–H and O–H groups in total. The second kappa shape index (κ2) is 6.12. The van der Waals surface area contributed by atoms with E-state index in [0.29, 0.717) is 16.5 Å². The first kappa shape index (κ1) is 14.1. The molecule has 4 heteroatoms. The quantitative estimate of drug-likeness (QED) is 0.881. The third-order valence-corrected chi connectivity index (χ3v) is 2.78. The van der Waals surface area contributed by atoms with E-state index in [0.717, 1.165) is 5.56 Å². The predicted molar refractivity (Wildman–Crippen MR) is 69.3 cm³/mol. The van der Waals surface area contributed by atoms with Crippen molar-refractivity contribution in [2.45, 2.75) is 32.8 Å². The summed E-state index contributed by atoms with van der Waals surface area (Å²) in [6.45, 7) is 5.84. The highest BCUT2D eigenvalue weighted by molar-refractivity contribution is 6.31. The first-order chi connectivity index (χ1) is 7.99. The highest BCUT2D eigenvalue weighted by Gasteiger charge is 2.15. The first-order valence-corrected chi connectivity index (χ1v) is 6.02.